The van der Waals surface area contributed by atoms with Crippen molar-refractivity contribution in [2.45, 2.75) is 24.3 Å². The van der Waals surface area contributed by atoms with Gasteiger partial charge in [-0.05, 0) is 48.2 Å². The van der Waals surface area contributed by atoms with Gasteiger partial charge in [0.15, 0.2) is 5.76 Å². The monoisotopic (exact) mass is 415 g/mol. The second kappa shape index (κ2) is 10.2. The number of hydrogen-bond acceptors (Lipinski definition) is 3. The van der Waals surface area contributed by atoms with E-state index in [-0.39, 0.29) is 17.4 Å². The van der Waals surface area contributed by atoms with Crippen LogP contribution >= 0.6 is 11.6 Å². The van der Waals surface area contributed by atoms with E-state index in [2.05, 4.69) is 17.4 Å². The largest absolute Gasteiger partial charge is 0.455 e. The molecule has 4 nitrogen and oxygen atoms in total. The van der Waals surface area contributed by atoms with Crippen molar-refractivity contribution in [2.24, 2.45) is 0 Å². The van der Waals surface area contributed by atoms with E-state index in [4.69, 9.17) is 16.0 Å². The molecule has 0 unspecified atom stereocenters. The Morgan fingerprint density at radius 2 is 1.68 bits per heavy atom. The Bertz CT molecular complexity index is 922. The van der Waals surface area contributed by atoms with Gasteiger partial charge in [0, 0.05) is 28.1 Å². The number of amides is 1. The number of carbonyl (C=O) groups is 1. The van der Waals surface area contributed by atoms with Crippen molar-refractivity contribution in [3.05, 3.63) is 94.4 Å². The molecule has 6 heteroatoms. The predicted octanol–water partition coefficient (Wildman–Crippen LogP) is 4.74. The van der Waals surface area contributed by atoms with Crippen LogP contribution in [0.4, 0.5) is 0 Å². The van der Waals surface area contributed by atoms with Crippen LogP contribution in [0.1, 0.15) is 33.9 Å². The number of hydrogen-bond donors (Lipinski definition) is 1. The fourth-order valence-electron chi connectivity index (χ4n) is 2.78. The lowest BCUT2D eigenvalue weighted by molar-refractivity contribution is 0.0924. The molecule has 1 aromatic heterocycles. The first-order valence-electron chi connectivity index (χ1n) is 9.10. The van der Waals surface area contributed by atoms with Crippen LogP contribution in [-0.2, 0) is 28.7 Å². The van der Waals surface area contributed by atoms with Gasteiger partial charge in [0.25, 0.3) is 5.91 Å². The van der Waals surface area contributed by atoms with Crippen LogP contribution in [0.5, 0.6) is 0 Å². The third-order valence-corrected chi connectivity index (χ3v) is 5.71. The highest BCUT2D eigenvalue weighted by molar-refractivity contribution is 7.83. The number of rotatable bonds is 9. The number of furan rings is 1. The molecule has 2 aromatic carbocycles. The van der Waals surface area contributed by atoms with Crippen molar-refractivity contribution >= 4 is 28.3 Å². The Morgan fingerprint density at radius 3 is 2.43 bits per heavy atom. The standard InChI is InChI=1S/C22H22ClNO3S/c23-19-10-8-18(9-11-19)15-28(26)16-20-12-13-21(27-20)22(25)24-14-4-7-17-5-2-1-3-6-17/h1-3,5-6,8-13H,4,7,14-16H2,(H,24,25)/t28-/m0/s1. The van der Waals surface area contributed by atoms with Gasteiger partial charge in [-0.2, -0.15) is 0 Å². The minimum atomic E-state index is -1.13. The zero-order chi connectivity index (χ0) is 19.8. The first-order valence-corrected chi connectivity index (χ1v) is 11.0. The highest BCUT2D eigenvalue weighted by Crippen LogP contribution is 2.15. The maximum Gasteiger partial charge on any atom is 0.286 e. The number of halogens is 1. The van der Waals surface area contributed by atoms with Crippen LogP contribution in [0.25, 0.3) is 0 Å². The third-order valence-electron chi connectivity index (χ3n) is 4.20. The molecule has 0 saturated carbocycles. The van der Waals surface area contributed by atoms with E-state index in [9.17, 15) is 9.00 Å². The maximum absolute atomic E-state index is 12.3. The van der Waals surface area contributed by atoms with Crippen molar-refractivity contribution in [1.29, 1.82) is 0 Å². The molecule has 0 fully saturated rings. The second-order valence-corrected chi connectivity index (χ2v) is 8.36. The van der Waals surface area contributed by atoms with E-state index in [0.29, 0.717) is 23.1 Å². The van der Waals surface area contributed by atoms with E-state index in [1.54, 1.807) is 24.3 Å². The summed E-state index contributed by atoms with van der Waals surface area (Å²) >= 11 is 5.86. The summed E-state index contributed by atoms with van der Waals surface area (Å²) in [4.78, 5) is 12.2. The highest BCUT2D eigenvalue weighted by atomic mass is 35.5. The zero-order valence-electron chi connectivity index (χ0n) is 15.4. The van der Waals surface area contributed by atoms with Crippen LogP contribution in [0.3, 0.4) is 0 Å². The molecule has 1 atom stereocenters. The van der Waals surface area contributed by atoms with Gasteiger partial charge in [-0.15, -0.1) is 0 Å². The van der Waals surface area contributed by atoms with Crippen LogP contribution in [0.2, 0.25) is 5.02 Å². The summed E-state index contributed by atoms with van der Waals surface area (Å²) in [7, 11) is -1.13. The van der Waals surface area contributed by atoms with E-state index >= 15 is 0 Å². The van der Waals surface area contributed by atoms with Crippen molar-refractivity contribution in [1.82, 2.24) is 5.32 Å². The Balaban J connectivity index is 1.43. The Kier molecular flexibility index (Phi) is 7.46. The van der Waals surface area contributed by atoms with E-state index < -0.39 is 10.8 Å². The molecule has 0 aliphatic heterocycles. The molecule has 0 aliphatic carbocycles. The molecule has 3 aromatic rings. The van der Waals surface area contributed by atoms with E-state index in [1.807, 2.05) is 30.3 Å². The minimum absolute atomic E-state index is 0.247. The number of nitrogens with one attached hydrogen (secondary N) is 1. The summed E-state index contributed by atoms with van der Waals surface area (Å²) in [5.41, 5.74) is 2.20. The van der Waals surface area contributed by atoms with Gasteiger partial charge in [0.1, 0.15) is 5.76 Å². The Hall–Kier alpha value is -2.37. The summed E-state index contributed by atoms with van der Waals surface area (Å²) in [6, 6.07) is 20.8. The van der Waals surface area contributed by atoms with Gasteiger partial charge >= 0.3 is 0 Å². The molecule has 1 N–H and O–H groups in total. The van der Waals surface area contributed by atoms with Crippen molar-refractivity contribution in [3.63, 3.8) is 0 Å². The van der Waals surface area contributed by atoms with Crippen LogP contribution in [-0.4, -0.2) is 16.7 Å². The number of carbonyl (C=O) groups excluding carboxylic acids is 1. The van der Waals surface area contributed by atoms with E-state index in [0.717, 1.165) is 18.4 Å². The van der Waals surface area contributed by atoms with Gasteiger partial charge in [-0.3, -0.25) is 9.00 Å². The summed E-state index contributed by atoms with van der Waals surface area (Å²) in [6.45, 7) is 0.576. The third kappa shape index (κ3) is 6.36. The number of aryl methyl sites for hydroxylation is 1. The summed E-state index contributed by atoms with van der Waals surface area (Å²) in [5, 5.41) is 3.51. The Labute approximate surface area is 172 Å². The van der Waals surface area contributed by atoms with Crippen LogP contribution in [0, 0.1) is 0 Å². The second-order valence-electron chi connectivity index (χ2n) is 6.47. The first-order chi connectivity index (χ1) is 13.6. The summed E-state index contributed by atoms with van der Waals surface area (Å²) < 4.78 is 17.9. The van der Waals surface area contributed by atoms with Gasteiger partial charge < -0.3 is 9.73 Å². The van der Waals surface area contributed by atoms with Crippen molar-refractivity contribution < 1.29 is 13.4 Å². The fraction of sp³-hybridized carbons (Fsp3) is 0.227. The molecule has 1 heterocycles. The molecule has 0 saturated heterocycles. The van der Waals surface area contributed by atoms with Crippen molar-refractivity contribution in [3.8, 4) is 0 Å². The van der Waals surface area contributed by atoms with Crippen molar-refractivity contribution in [2.75, 3.05) is 6.54 Å². The lowest BCUT2D eigenvalue weighted by Gasteiger charge is -2.04. The highest BCUT2D eigenvalue weighted by Gasteiger charge is 2.13. The molecule has 28 heavy (non-hydrogen) atoms. The minimum Gasteiger partial charge on any atom is -0.455 e. The first kappa shape index (κ1) is 20.4. The maximum atomic E-state index is 12.3. The summed E-state index contributed by atoms with van der Waals surface area (Å²) in [6.07, 6.45) is 1.77. The molecular formula is C22H22ClNO3S. The molecule has 1 amide bonds. The summed E-state index contributed by atoms with van der Waals surface area (Å²) in [5.74, 6) is 1.23. The van der Waals surface area contributed by atoms with Gasteiger partial charge in [0.2, 0.25) is 0 Å². The molecular weight excluding hydrogens is 394 g/mol. The average Bonchev–Trinajstić information content (AvgIpc) is 3.16. The van der Waals surface area contributed by atoms with Gasteiger partial charge in [-0.25, -0.2) is 0 Å². The smallest absolute Gasteiger partial charge is 0.286 e. The van der Waals surface area contributed by atoms with Gasteiger partial charge in [0.05, 0.1) is 5.75 Å². The molecule has 0 radical (unpaired) electrons. The lowest BCUT2D eigenvalue weighted by Crippen LogP contribution is -2.24. The molecule has 146 valence electrons. The van der Waals surface area contributed by atoms with E-state index in [1.165, 1.54) is 5.56 Å². The fourth-order valence-corrected chi connectivity index (χ4v) is 4.04. The molecule has 0 bridgehead atoms. The quantitative estimate of drug-likeness (QED) is 0.513. The molecule has 0 spiro atoms. The average molecular weight is 416 g/mol. The molecule has 3 rings (SSSR count). The normalized spacial score (nSPS) is 11.9. The molecule has 0 aliphatic rings. The lowest BCUT2D eigenvalue weighted by atomic mass is 10.1. The predicted molar refractivity (Wildman–Crippen MR) is 113 cm³/mol. The topological polar surface area (TPSA) is 59.3 Å². The Morgan fingerprint density at radius 1 is 0.929 bits per heavy atom. The van der Waals surface area contributed by atoms with Crippen LogP contribution < -0.4 is 5.32 Å². The van der Waals surface area contributed by atoms with Crippen LogP contribution in [0.15, 0.2) is 71.1 Å². The zero-order valence-corrected chi connectivity index (χ0v) is 17.0. The number of benzene rings is 2. The van der Waals surface area contributed by atoms with Gasteiger partial charge in [-0.1, -0.05) is 54.1 Å². The SMILES string of the molecule is O=C(NCCCc1ccccc1)c1ccc(C[S@@](=O)Cc2ccc(Cl)cc2)o1.